The van der Waals surface area contributed by atoms with E-state index in [1.807, 2.05) is 6.92 Å². The third kappa shape index (κ3) is 9.00. The molecule has 1 aliphatic rings. The summed E-state index contributed by atoms with van der Waals surface area (Å²) in [4.78, 5) is 50.5. The number of ether oxygens (including phenoxy) is 1. The number of carboxylic acids is 1. The highest BCUT2D eigenvalue weighted by molar-refractivity contribution is 5.92. The van der Waals surface area contributed by atoms with Crippen molar-refractivity contribution in [1.29, 1.82) is 0 Å². The average Bonchev–Trinajstić information content (AvgIpc) is 3.05. The van der Waals surface area contributed by atoms with Crippen molar-refractivity contribution in [2.75, 3.05) is 6.54 Å². The molecule has 3 atom stereocenters. The molecule has 1 heterocycles. The van der Waals surface area contributed by atoms with Crippen molar-refractivity contribution >= 4 is 23.9 Å². The topological polar surface area (TPSA) is 125 Å². The number of rotatable bonds is 9. The van der Waals surface area contributed by atoms with Gasteiger partial charge in [-0.25, -0.2) is 4.79 Å². The predicted molar refractivity (Wildman–Crippen MR) is 112 cm³/mol. The van der Waals surface area contributed by atoms with Crippen LogP contribution in [0, 0.1) is 5.92 Å². The average molecular weight is 428 g/mol. The molecular weight excluding hydrogens is 390 g/mol. The summed E-state index contributed by atoms with van der Waals surface area (Å²) in [5.41, 5.74) is -0.757. The number of aliphatic carboxylic acids is 1. The van der Waals surface area contributed by atoms with Gasteiger partial charge in [0.05, 0.1) is 0 Å². The van der Waals surface area contributed by atoms with Gasteiger partial charge in [0.2, 0.25) is 11.8 Å². The van der Waals surface area contributed by atoms with Crippen molar-refractivity contribution in [3.8, 4) is 0 Å². The molecule has 9 heteroatoms. The van der Waals surface area contributed by atoms with Crippen molar-refractivity contribution in [3.63, 3.8) is 0 Å². The maximum atomic E-state index is 13.1. The molecule has 172 valence electrons. The summed E-state index contributed by atoms with van der Waals surface area (Å²) < 4.78 is 5.20. The Kier molecular flexibility index (Phi) is 9.58. The van der Waals surface area contributed by atoms with Gasteiger partial charge in [-0.3, -0.25) is 14.4 Å². The van der Waals surface area contributed by atoms with Crippen molar-refractivity contribution in [2.45, 2.75) is 97.4 Å². The lowest BCUT2D eigenvalue weighted by Gasteiger charge is -2.30. The van der Waals surface area contributed by atoms with E-state index in [2.05, 4.69) is 24.5 Å². The van der Waals surface area contributed by atoms with Gasteiger partial charge < -0.3 is 25.4 Å². The summed E-state index contributed by atoms with van der Waals surface area (Å²) in [7, 11) is 0. The van der Waals surface area contributed by atoms with Crippen LogP contribution in [0.25, 0.3) is 0 Å². The van der Waals surface area contributed by atoms with Crippen molar-refractivity contribution in [2.24, 2.45) is 5.92 Å². The second-order valence-electron chi connectivity index (χ2n) is 9.36. The zero-order valence-corrected chi connectivity index (χ0v) is 19.0. The largest absolute Gasteiger partial charge is 0.481 e. The van der Waals surface area contributed by atoms with Crippen LogP contribution in [0.5, 0.6) is 0 Å². The van der Waals surface area contributed by atoms with E-state index in [0.29, 0.717) is 25.3 Å². The van der Waals surface area contributed by atoms with E-state index < -0.39 is 35.7 Å². The number of hydrogen-bond donors (Lipinski definition) is 3. The van der Waals surface area contributed by atoms with E-state index in [1.165, 1.54) is 4.90 Å². The highest BCUT2D eigenvalue weighted by atomic mass is 16.6. The lowest BCUT2D eigenvalue weighted by atomic mass is 10.0. The first-order valence-corrected chi connectivity index (χ1v) is 10.6. The molecule has 1 fully saturated rings. The Morgan fingerprint density at radius 2 is 1.77 bits per heavy atom. The summed E-state index contributed by atoms with van der Waals surface area (Å²) in [5, 5.41) is 14.5. The molecule has 0 saturated carbocycles. The number of likely N-dealkylation sites (tertiary alicyclic amines) is 1. The fraction of sp³-hybridized carbons (Fsp3) is 0.810. The van der Waals surface area contributed by atoms with E-state index in [-0.39, 0.29) is 24.8 Å². The molecule has 1 rings (SSSR count). The molecule has 0 bridgehead atoms. The number of nitrogens with zero attached hydrogens (tertiary/aromatic N) is 1. The Morgan fingerprint density at radius 1 is 1.13 bits per heavy atom. The zero-order chi connectivity index (χ0) is 23.1. The van der Waals surface area contributed by atoms with Crippen LogP contribution in [0.15, 0.2) is 0 Å². The molecule has 0 aromatic rings. The highest BCUT2D eigenvalue weighted by Gasteiger charge is 2.38. The summed E-state index contributed by atoms with van der Waals surface area (Å²) in [5.74, 6) is -1.32. The minimum atomic E-state index is -1.07. The molecule has 0 aliphatic carbocycles. The zero-order valence-electron chi connectivity index (χ0n) is 19.0. The number of carboxylic acid groups (broad SMARTS) is 1. The maximum absolute atomic E-state index is 13.1. The van der Waals surface area contributed by atoms with Crippen LogP contribution in [0.1, 0.15) is 73.6 Å². The molecule has 0 radical (unpaired) electrons. The minimum Gasteiger partial charge on any atom is -0.481 e. The van der Waals surface area contributed by atoms with Gasteiger partial charge in [-0.05, 0) is 59.3 Å². The first kappa shape index (κ1) is 25.7. The Balaban J connectivity index is 2.87. The molecule has 1 unspecified atom stereocenters. The number of hydrogen-bond acceptors (Lipinski definition) is 5. The SMILES string of the molecule is CC(C)C[C@@H](C)NC(=O)C1CCCN1C(=O)[C@H](CCC(=O)O)NC(=O)OC(C)(C)C. The van der Waals surface area contributed by atoms with Gasteiger partial charge in [0.25, 0.3) is 0 Å². The molecule has 9 nitrogen and oxygen atoms in total. The van der Waals surface area contributed by atoms with Gasteiger partial charge in [-0.1, -0.05) is 13.8 Å². The number of carbonyl (C=O) groups excluding carboxylic acids is 3. The highest BCUT2D eigenvalue weighted by Crippen LogP contribution is 2.20. The number of carbonyl (C=O) groups is 4. The summed E-state index contributed by atoms with van der Waals surface area (Å²) in [6.07, 6.45) is 0.861. The Bertz CT molecular complexity index is 629. The quantitative estimate of drug-likeness (QED) is 0.518. The van der Waals surface area contributed by atoms with Crippen LogP contribution in [0.3, 0.4) is 0 Å². The van der Waals surface area contributed by atoms with E-state index in [4.69, 9.17) is 9.84 Å². The lowest BCUT2D eigenvalue weighted by molar-refractivity contribution is -0.141. The summed E-state index contributed by atoms with van der Waals surface area (Å²) in [6, 6.07) is -1.71. The Hall–Kier alpha value is -2.32. The van der Waals surface area contributed by atoms with Crippen LogP contribution < -0.4 is 10.6 Å². The van der Waals surface area contributed by atoms with Crippen LogP contribution in [0.2, 0.25) is 0 Å². The van der Waals surface area contributed by atoms with Gasteiger partial charge in [0, 0.05) is 19.0 Å². The van der Waals surface area contributed by atoms with Gasteiger partial charge in [-0.2, -0.15) is 0 Å². The molecule has 0 spiro atoms. The fourth-order valence-corrected chi connectivity index (χ4v) is 3.58. The van der Waals surface area contributed by atoms with Gasteiger partial charge in [-0.15, -0.1) is 0 Å². The molecule has 0 aromatic carbocycles. The number of amides is 3. The van der Waals surface area contributed by atoms with Crippen LogP contribution in [-0.2, 0) is 19.1 Å². The third-order valence-corrected chi connectivity index (χ3v) is 4.69. The predicted octanol–water partition coefficient (Wildman–Crippen LogP) is 2.29. The van der Waals surface area contributed by atoms with E-state index >= 15 is 0 Å². The van der Waals surface area contributed by atoms with Crippen molar-refractivity contribution in [3.05, 3.63) is 0 Å². The maximum Gasteiger partial charge on any atom is 0.408 e. The fourth-order valence-electron chi connectivity index (χ4n) is 3.58. The Morgan fingerprint density at radius 3 is 2.30 bits per heavy atom. The molecule has 3 amide bonds. The van der Waals surface area contributed by atoms with E-state index in [9.17, 15) is 19.2 Å². The minimum absolute atomic E-state index is 0.0160. The third-order valence-electron chi connectivity index (χ3n) is 4.69. The van der Waals surface area contributed by atoms with E-state index in [0.717, 1.165) is 6.42 Å². The smallest absolute Gasteiger partial charge is 0.408 e. The van der Waals surface area contributed by atoms with Crippen LogP contribution in [-0.4, -0.2) is 64.2 Å². The first-order valence-electron chi connectivity index (χ1n) is 10.6. The van der Waals surface area contributed by atoms with Crippen molar-refractivity contribution in [1.82, 2.24) is 15.5 Å². The van der Waals surface area contributed by atoms with Crippen LogP contribution in [0.4, 0.5) is 4.79 Å². The molecule has 0 aromatic heterocycles. The van der Waals surface area contributed by atoms with Gasteiger partial charge >= 0.3 is 12.1 Å². The Labute approximate surface area is 178 Å². The molecule has 1 aliphatic heterocycles. The van der Waals surface area contributed by atoms with Gasteiger partial charge in [0.1, 0.15) is 17.7 Å². The summed E-state index contributed by atoms with van der Waals surface area (Å²) in [6.45, 7) is 11.5. The van der Waals surface area contributed by atoms with Gasteiger partial charge in [0.15, 0.2) is 0 Å². The molecular formula is C21H37N3O6. The summed E-state index contributed by atoms with van der Waals surface area (Å²) >= 11 is 0. The lowest BCUT2D eigenvalue weighted by Crippen LogP contribution is -2.54. The monoisotopic (exact) mass is 427 g/mol. The second kappa shape index (κ2) is 11.2. The normalized spacial score (nSPS) is 18.6. The second-order valence-corrected chi connectivity index (χ2v) is 9.36. The number of nitrogens with one attached hydrogen (secondary N) is 2. The molecule has 1 saturated heterocycles. The van der Waals surface area contributed by atoms with E-state index in [1.54, 1.807) is 20.8 Å². The first-order chi connectivity index (χ1) is 13.8. The molecule has 3 N–H and O–H groups in total. The van der Waals surface area contributed by atoms with Crippen LogP contribution >= 0.6 is 0 Å². The van der Waals surface area contributed by atoms with Crippen molar-refractivity contribution < 1.29 is 29.0 Å². The number of alkyl carbamates (subject to hydrolysis) is 1. The standard InChI is InChI=1S/C21H37N3O6/c1-13(2)12-14(3)22-18(27)16-8-7-11-24(16)19(28)15(9-10-17(25)26)23-20(29)30-21(4,5)6/h13-16H,7-12H2,1-6H3,(H,22,27)(H,23,29)(H,25,26)/t14-,15+,16?/m1/s1. The molecule has 30 heavy (non-hydrogen) atoms.